The molecule has 48 heavy (non-hydrogen) atoms. The molecule has 1 aliphatic heterocycles. The number of hydrazone groups is 1. The lowest BCUT2D eigenvalue weighted by Crippen LogP contribution is -2.28. The molecule has 0 radical (unpaired) electrons. The van der Waals surface area contributed by atoms with Crippen molar-refractivity contribution in [2.75, 3.05) is 12.9 Å². The van der Waals surface area contributed by atoms with E-state index in [4.69, 9.17) is 9.84 Å². The Morgan fingerprint density at radius 1 is 1.06 bits per heavy atom. The second-order valence-corrected chi connectivity index (χ2v) is 12.9. The number of carbonyl (C=O) groups is 2. The quantitative estimate of drug-likeness (QED) is 0.0977. The van der Waals surface area contributed by atoms with Gasteiger partial charge in [0.15, 0.2) is 11.0 Å². The van der Waals surface area contributed by atoms with E-state index in [0.717, 1.165) is 38.7 Å². The fraction of sp³-hybridized carbons (Fsp3) is 0.206. The minimum absolute atomic E-state index is 0.0326. The van der Waals surface area contributed by atoms with Crippen molar-refractivity contribution in [3.63, 3.8) is 0 Å². The highest BCUT2D eigenvalue weighted by Gasteiger charge is 2.34. The number of aryl methyl sites for hydroxylation is 2. The number of aromatic nitrogens is 3. The fourth-order valence-corrected chi connectivity index (χ4v) is 6.85. The molecule has 1 atom stereocenters. The van der Waals surface area contributed by atoms with Crippen LogP contribution in [0.25, 0.3) is 5.69 Å². The molecule has 1 N–H and O–H groups in total. The smallest absolute Gasteiger partial charge is 0.269 e. The fourth-order valence-electron chi connectivity index (χ4n) is 5.32. The van der Waals surface area contributed by atoms with Gasteiger partial charge in [0, 0.05) is 24.1 Å². The largest absolute Gasteiger partial charge is 0.497 e. The van der Waals surface area contributed by atoms with Gasteiger partial charge in [0.1, 0.15) is 5.75 Å². The average molecular weight is 682 g/mol. The SMILES string of the molecule is COc1ccc([C@@H]2CC(c3cccs3)=NN2C(=O)CSc2nnc(CNC(=O)c3ccc([N+](=O)[O-])cc3)n2-c2cc(C)ccc2C)cc1. The maximum Gasteiger partial charge on any atom is 0.269 e. The van der Waals surface area contributed by atoms with Gasteiger partial charge in [-0.3, -0.25) is 24.3 Å². The first-order valence-corrected chi connectivity index (χ1v) is 16.8. The number of carbonyl (C=O) groups excluding carboxylic acids is 2. The average Bonchev–Trinajstić information content (AvgIpc) is 3.88. The number of rotatable bonds is 11. The Kier molecular flexibility index (Phi) is 9.64. The van der Waals surface area contributed by atoms with Crippen LogP contribution in [0.1, 0.15) is 50.2 Å². The molecular formula is C34H31N7O5S2. The van der Waals surface area contributed by atoms with Crippen LogP contribution in [-0.2, 0) is 11.3 Å². The highest BCUT2D eigenvalue weighted by atomic mass is 32.2. The number of thioether (sulfide) groups is 1. The van der Waals surface area contributed by atoms with Crippen LogP contribution < -0.4 is 10.1 Å². The van der Waals surface area contributed by atoms with E-state index in [1.54, 1.807) is 23.5 Å². The van der Waals surface area contributed by atoms with Crippen molar-refractivity contribution < 1.29 is 19.2 Å². The van der Waals surface area contributed by atoms with Crippen LogP contribution in [0, 0.1) is 24.0 Å². The number of amides is 2. The van der Waals surface area contributed by atoms with Gasteiger partial charge in [-0.25, -0.2) is 5.01 Å². The Morgan fingerprint density at radius 3 is 2.52 bits per heavy atom. The van der Waals surface area contributed by atoms with Crippen LogP contribution >= 0.6 is 23.1 Å². The van der Waals surface area contributed by atoms with Crippen molar-refractivity contribution in [1.82, 2.24) is 25.1 Å². The standard InChI is InChI=1S/C34H31N7O5S2/c1-21-6-7-22(2)28(17-21)39-31(19-35-33(43)24-8-12-25(13-9-24)41(44)45)36-37-34(39)48-20-32(42)40-29(23-10-14-26(46-3)15-11-23)18-27(38-40)30-5-4-16-47-30/h4-17,29H,18-20H2,1-3H3,(H,35,43)/t29-/m0/s1. The summed E-state index contributed by atoms with van der Waals surface area (Å²) >= 11 is 2.83. The lowest BCUT2D eigenvalue weighted by molar-refractivity contribution is -0.384. The lowest BCUT2D eigenvalue weighted by atomic mass is 10.0. The number of nitrogens with one attached hydrogen (secondary N) is 1. The number of benzene rings is 3. The van der Waals surface area contributed by atoms with Crippen molar-refractivity contribution in [2.45, 2.75) is 38.0 Å². The Balaban J connectivity index is 1.24. The molecule has 3 aromatic carbocycles. The summed E-state index contributed by atoms with van der Waals surface area (Å²) in [6, 6.07) is 22.7. The summed E-state index contributed by atoms with van der Waals surface area (Å²) in [5.74, 6) is 0.643. The molecule has 1 aliphatic rings. The van der Waals surface area contributed by atoms with Crippen LogP contribution in [0.4, 0.5) is 5.69 Å². The highest BCUT2D eigenvalue weighted by Crippen LogP contribution is 2.35. The summed E-state index contributed by atoms with van der Waals surface area (Å²) in [5.41, 5.74) is 4.79. The van der Waals surface area contributed by atoms with Crippen molar-refractivity contribution >= 4 is 46.3 Å². The topological polar surface area (TPSA) is 145 Å². The Morgan fingerprint density at radius 2 is 1.83 bits per heavy atom. The molecule has 6 rings (SSSR count). The van der Waals surface area contributed by atoms with Gasteiger partial charge >= 0.3 is 0 Å². The van der Waals surface area contributed by atoms with Crippen LogP contribution in [0.3, 0.4) is 0 Å². The highest BCUT2D eigenvalue weighted by molar-refractivity contribution is 7.99. The zero-order chi connectivity index (χ0) is 33.8. The number of methoxy groups -OCH3 is 1. The summed E-state index contributed by atoms with van der Waals surface area (Å²) in [6.07, 6.45) is 0.584. The third-order valence-electron chi connectivity index (χ3n) is 7.85. The molecule has 0 fully saturated rings. The maximum atomic E-state index is 13.9. The number of non-ortho nitro benzene ring substituents is 1. The van der Waals surface area contributed by atoms with Crippen LogP contribution in [0.5, 0.6) is 5.75 Å². The van der Waals surface area contributed by atoms with Crippen molar-refractivity contribution in [3.8, 4) is 11.4 Å². The molecule has 0 unspecified atom stereocenters. The van der Waals surface area contributed by atoms with Gasteiger partial charge in [-0.2, -0.15) is 5.10 Å². The van der Waals surface area contributed by atoms with E-state index < -0.39 is 10.8 Å². The first-order valence-electron chi connectivity index (χ1n) is 15.0. The first kappa shape index (κ1) is 32.6. The molecule has 0 aliphatic carbocycles. The number of hydrogen-bond donors (Lipinski definition) is 1. The molecule has 0 bridgehead atoms. The van der Waals surface area contributed by atoms with Crippen LogP contribution in [-0.4, -0.2) is 55.1 Å². The zero-order valence-electron chi connectivity index (χ0n) is 26.3. The zero-order valence-corrected chi connectivity index (χ0v) is 28.0. The molecule has 3 heterocycles. The molecule has 14 heteroatoms. The van der Waals surface area contributed by atoms with Gasteiger partial charge in [-0.1, -0.05) is 42.1 Å². The molecule has 0 saturated carbocycles. The lowest BCUT2D eigenvalue weighted by Gasteiger charge is -2.22. The van der Waals surface area contributed by atoms with E-state index in [1.807, 2.05) is 78.4 Å². The van der Waals surface area contributed by atoms with Crippen molar-refractivity contribution in [3.05, 3.63) is 127 Å². The molecule has 2 amide bonds. The number of nitro groups is 1. The summed E-state index contributed by atoms with van der Waals surface area (Å²) in [7, 11) is 1.62. The number of nitro benzene ring substituents is 1. The predicted octanol–water partition coefficient (Wildman–Crippen LogP) is 6.26. The number of nitrogens with zero attached hydrogens (tertiary/aromatic N) is 6. The summed E-state index contributed by atoms with van der Waals surface area (Å²) in [6.45, 7) is 3.98. The third-order valence-corrected chi connectivity index (χ3v) is 9.68. The van der Waals surface area contributed by atoms with E-state index in [1.165, 1.54) is 36.0 Å². The molecular weight excluding hydrogens is 651 g/mol. The van der Waals surface area contributed by atoms with Gasteiger partial charge in [0.25, 0.3) is 17.5 Å². The first-order chi connectivity index (χ1) is 23.2. The van der Waals surface area contributed by atoms with E-state index in [2.05, 4.69) is 15.5 Å². The van der Waals surface area contributed by atoms with Gasteiger partial charge in [0.2, 0.25) is 0 Å². The third kappa shape index (κ3) is 6.99. The Bertz CT molecular complexity index is 1990. The summed E-state index contributed by atoms with van der Waals surface area (Å²) in [4.78, 5) is 38.3. The molecule has 244 valence electrons. The van der Waals surface area contributed by atoms with Gasteiger partial charge in [-0.15, -0.1) is 21.5 Å². The Labute approximate surface area is 284 Å². The van der Waals surface area contributed by atoms with Gasteiger partial charge in [-0.05, 0) is 72.3 Å². The van der Waals surface area contributed by atoms with E-state index in [9.17, 15) is 19.7 Å². The maximum absolute atomic E-state index is 13.9. The predicted molar refractivity (Wildman–Crippen MR) is 184 cm³/mol. The number of thiophene rings is 1. The van der Waals surface area contributed by atoms with E-state index in [-0.39, 0.29) is 35.5 Å². The monoisotopic (exact) mass is 681 g/mol. The number of ether oxygens (including phenoxy) is 1. The summed E-state index contributed by atoms with van der Waals surface area (Å²) < 4.78 is 7.18. The molecule has 2 aromatic heterocycles. The van der Waals surface area contributed by atoms with Crippen molar-refractivity contribution in [2.24, 2.45) is 5.10 Å². The van der Waals surface area contributed by atoms with E-state index >= 15 is 0 Å². The molecule has 5 aromatic rings. The Hall–Kier alpha value is -5.34. The van der Waals surface area contributed by atoms with Crippen molar-refractivity contribution in [1.29, 1.82) is 0 Å². The minimum atomic E-state index is -0.518. The van der Waals surface area contributed by atoms with Crippen LogP contribution in [0.2, 0.25) is 0 Å². The van der Waals surface area contributed by atoms with Crippen LogP contribution in [0.15, 0.2) is 94.5 Å². The van der Waals surface area contributed by atoms with E-state index in [0.29, 0.717) is 17.4 Å². The van der Waals surface area contributed by atoms with Gasteiger partial charge in [0.05, 0.1) is 46.6 Å². The summed E-state index contributed by atoms with van der Waals surface area (Å²) in [5, 5.41) is 31.5. The molecule has 12 nitrogen and oxygen atoms in total. The molecule has 0 saturated heterocycles. The normalized spacial score (nSPS) is 14.1. The number of hydrogen-bond acceptors (Lipinski definition) is 10. The second kappa shape index (κ2) is 14.2. The minimum Gasteiger partial charge on any atom is -0.497 e. The van der Waals surface area contributed by atoms with Gasteiger partial charge < -0.3 is 10.1 Å². The molecule has 0 spiro atoms. The second-order valence-electron chi connectivity index (χ2n) is 11.1.